The number of hydrogen-bond donors (Lipinski definition) is 2. The molecule has 0 radical (unpaired) electrons. The third-order valence-corrected chi connectivity index (χ3v) is 5.27. The van der Waals surface area contributed by atoms with Crippen molar-refractivity contribution in [2.24, 2.45) is 11.1 Å². The molecule has 0 spiro atoms. The quantitative estimate of drug-likeness (QED) is 0.794. The Balaban J connectivity index is 2.24. The van der Waals surface area contributed by atoms with Gasteiger partial charge in [0, 0.05) is 6.54 Å². The largest absolute Gasteiger partial charge is 0.497 e. The molecule has 20 heavy (non-hydrogen) atoms. The fraction of sp³-hybridized carbons (Fsp3) is 0.571. The zero-order valence-electron chi connectivity index (χ0n) is 12.0. The van der Waals surface area contributed by atoms with Gasteiger partial charge >= 0.3 is 0 Å². The Hall–Kier alpha value is -1.11. The number of hydrogen-bond acceptors (Lipinski definition) is 4. The summed E-state index contributed by atoms with van der Waals surface area (Å²) in [5, 5.41) is 0. The molecule has 6 heteroatoms. The van der Waals surface area contributed by atoms with E-state index in [2.05, 4.69) is 11.6 Å². The van der Waals surface area contributed by atoms with Crippen molar-refractivity contribution in [1.29, 1.82) is 0 Å². The molecule has 0 unspecified atom stereocenters. The summed E-state index contributed by atoms with van der Waals surface area (Å²) in [5.74, 6) is 0.640. The number of ether oxygens (including phenoxy) is 1. The SMILES string of the molecule is COc1ccc(S(=O)(=O)NCC2(C)CC2)c(CCN)c1. The molecule has 0 aromatic heterocycles. The van der Waals surface area contributed by atoms with Gasteiger partial charge in [-0.05, 0) is 55.0 Å². The smallest absolute Gasteiger partial charge is 0.240 e. The predicted octanol–water partition coefficient (Wildman–Crippen LogP) is 1.27. The number of nitrogens with two attached hydrogens (primary N) is 1. The lowest BCUT2D eigenvalue weighted by atomic mass is 10.1. The highest BCUT2D eigenvalue weighted by Gasteiger charge is 2.38. The van der Waals surface area contributed by atoms with Crippen LogP contribution in [0.5, 0.6) is 5.75 Å². The Kier molecular flexibility index (Phi) is 4.36. The van der Waals surface area contributed by atoms with Crippen molar-refractivity contribution in [2.45, 2.75) is 31.1 Å². The van der Waals surface area contributed by atoms with Crippen LogP contribution in [-0.4, -0.2) is 28.6 Å². The first kappa shape index (κ1) is 15.3. The Morgan fingerprint density at radius 1 is 1.40 bits per heavy atom. The number of sulfonamides is 1. The molecule has 3 N–H and O–H groups in total. The highest BCUT2D eigenvalue weighted by molar-refractivity contribution is 7.89. The summed E-state index contributed by atoms with van der Waals surface area (Å²) < 4.78 is 32.7. The van der Waals surface area contributed by atoms with Crippen LogP contribution in [0, 0.1) is 5.41 Å². The highest BCUT2D eigenvalue weighted by Crippen LogP contribution is 2.44. The van der Waals surface area contributed by atoms with Gasteiger partial charge in [0.2, 0.25) is 10.0 Å². The van der Waals surface area contributed by atoms with Gasteiger partial charge in [-0.3, -0.25) is 0 Å². The van der Waals surface area contributed by atoms with E-state index in [0.29, 0.717) is 35.7 Å². The van der Waals surface area contributed by atoms with Crippen LogP contribution in [-0.2, 0) is 16.4 Å². The first-order chi connectivity index (χ1) is 9.40. The Bertz CT molecular complexity index is 580. The maximum Gasteiger partial charge on any atom is 0.240 e. The third-order valence-electron chi connectivity index (χ3n) is 3.76. The molecule has 1 aliphatic rings. The standard InChI is InChI=1S/C14H22N2O3S/c1-14(6-7-14)10-16-20(17,18)13-4-3-12(19-2)9-11(13)5-8-15/h3-4,9,16H,5-8,10,15H2,1-2H3. The molecule has 1 saturated carbocycles. The van der Waals surface area contributed by atoms with E-state index in [-0.39, 0.29) is 5.41 Å². The van der Waals surface area contributed by atoms with E-state index in [1.54, 1.807) is 25.3 Å². The zero-order valence-corrected chi connectivity index (χ0v) is 12.8. The lowest BCUT2D eigenvalue weighted by molar-refractivity contribution is 0.413. The predicted molar refractivity (Wildman–Crippen MR) is 78.3 cm³/mol. The summed E-state index contributed by atoms with van der Waals surface area (Å²) in [6.45, 7) is 2.97. The lowest BCUT2D eigenvalue weighted by Crippen LogP contribution is -2.30. The van der Waals surface area contributed by atoms with Crippen molar-refractivity contribution >= 4 is 10.0 Å². The Labute approximate surface area is 120 Å². The topological polar surface area (TPSA) is 81.4 Å². The van der Waals surface area contributed by atoms with Crippen molar-refractivity contribution in [3.8, 4) is 5.75 Å². The highest BCUT2D eigenvalue weighted by atomic mass is 32.2. The maximum absolute atomic E-state index is 12.4. The van der Waals surface area contributed by atoms with Gasteiger partial charge in [0.05, 0.1) is 12.0 Å². The first-order valence-electron chi connectivity index (χ1n) is 6.77. The molecule has 112 valence electrons. The summed E-state index contributed by atoms with van der Waals surface area (Å²) in [7, 11) is -1.93. The molecule has 2 rings (SSSR count). The van der Waals surface area contributed by atoms with E-state index < -0.39 is 10.0 Å². The van der Waals surface area contributed by atoms with Gasteiger partial charge in [-0.25, -0.2) is 13.1 Å². The van der Waals surface area contributed by atoms with Crippen LogP contribution in [0.3, 0.4) is 0 Å². The van der Waals surface area contributed by atoms with Crippen LogP contribution in [0.2, 0.25) is 0 Å². The van der Waals surface area contributed by atoms with Crippen LogP contribution in [0.4, 0.5) is 0 Å². The molecule has 0 aliphatic heterocycles. The molecular weight excluding hydrogens is 276 g/mol. The molecular formula is C14H22N2O3S. The van der Waals surface area contributed by atoms with Crippen LogP contribution >= 0.6 is 0 Å². The monoisotopic (exact) mass is 298 g/mol. The van der Waals surface area contributed by atoms with Crippen molar-refractivity contribution in [3.63, 3.8) is 0 Å². The average Bonchev–Trinajstić information content (AvgIpc) is 3.15. The molecule has 5 nitrogen and oxygen atoms in total. The normalized spacial score (nSPS) is 16.9. The van der Waals surface area contributed by atoms with E-state index in [4.69, 9.17) is 10.5 Å². The van der Waals surface area contributed by atoms with Gasteiger partial charge in [-0.2, -0.15) is 0 Å². The third kappa shape index (κ3) is 3.50. The minimum atomic E-state index is -3.49. The maximum atomic E-state index is 12.4. The summed E-state index contributed by atoms with van der Waals surface area (Å²) in [6, 6.07) is 4.98. The molecule has 1 aliphatic carbocycles. The summed E-state index contributed by atoms with van der Waals surface area (Å²) in [4.78, 5) is 0.299. The van der Waals surface area contributed by atoms with Crippen LogP contribution < -0.4 is 15.2 Å². The van der Waals surface area contributed by atoms with Gasteiger partial charge in [-0.15, -0.1) is 0 Å². The van der Waals surface area contributed by atoms with E-state index in [1.807, 2.05) is 0 Å². The van der Waals surface area contributed by atoms with E-state index >= 15 is 0 Å². The number of methoxy groups -OCH3 is 1. The molecule has 0 amide bonds. The van der Waals surface area contributed by atoms with Crippen LogP contribution in [0.25, 0.3) is 0 Å². The van der Waals surface area contributed by atoms with Gasteiger partial charge < -0.3 is 10.5 Å². The molecule has 0 saturated heterocycles. The lowest BCUT2D eigenvalue weighted by Gasteiger charge is -2.14. The van der Waals surface area contributed by atoms with Gasteiger partial charge in [0.1, 0.15) is 5.75 Å². The van der Waals surface area contributed by atoms with Crippen molar-refractivity contribution in [2.75, 3.05) is 20.2 Å². The average molecular weight is 298 g/mol. The second-order valence-corrected chi connectivity index (χ2v) is 7.38. The molecule has 0 heterocycles. The van der Waals surface area contributed by atoms with Gasteiger partial charge in [0.25, 0.3) is 0 Å². The van der Waals surface area contributed by atoms with Crippen molar-refractivity contribution in [1.82, 2.24) is 4.72 Å². The Morgan fingerprint density at radius 3 is 2.65 bits per heavy atom. The van der Waals surface area contributed by atoms with E-state index in [1.165, 1.54) is 0 Å². The molecule has 1 aromatic rings. The number of nitrogens with one attached hydrogen (secondary N) is 1. The number of rotatable bonds is 7. The fourth-order valence-corrected chi connectivity index (χ4v) is 3.48. The minimum absolute atomic E-state index is 0.133. The van der Waals surface area contributed by atoms with Crippen LogP contribution in [0.1, 0.15) is 25.3 Å². The van der Waals surface area contributed by atoms with Crippen molar-refractivity contribution in [3.05, 3.63) is 23.8 Å². The van der Waals surface area contributed by atoms with Gasteiger partial charge in [-0.1, -0.05) is 6.92 Å². The molecule has 0 atom stereocenters. The van der Waals surface area contributed by atoms with E-state index in [0.717, 1.165) is 12.8 Å². The first-order valence-corrected chi connectivity index (χ1v) is 8.25. The zero-order chi connectivity index (χ0) is 14.8. The Morgan fingerprint density at radius 2 is 2.10 bits per heavy atom. The van der Waals surface area contributed by atoms with Crippen molar-refractivity contribution < 1.29 is 13.2 Å². The fourth-order valence-electron chi connectivity index (χ4n) is 2.03. The summed E-state index contributed by atoms with van der Waals surface area (Å²) >= 11 is 0. The number of benzene rings is 1. The summed E-state index contributed by atoms with van der Waals surface area (Å²) in [5.41, 5.74) is 6.39. The minimum Gasteiger partial charge on any atom is -0.497 e. The van der Waals surface area contributed by atoms with Crippen LogP contribution in [0.15, 0.2) is 23.1 Å². The molecule has 1 aromatic carbocycles. The van der Waals surface area contributed by atoms with E-state index in [9.17, 15) is 8.42 Å². The molecule has 0 bridgehead atoms. The van der Waals surface area contributed by atoms with Gasteiger partial charge in [0.15, 0.2) is 0 Å². The summed E-state index contributed by atoms with van der Waals surface area (Å²) in [6.07, 6.45) is 2.66. The second-order valence-electron chi connectivity index (χ2n) is 5.65. The molecule has 1 fully saturated rings. The second kappa shape index (κ2) is 5.71.